The van der Waals surface area contributed by atoms with Crippen molar-refractivity contribution in [2.24, 2.45) is 5.73 Å². The lowest BCUT2D eigenvalue weighted by atomic mass is 10.1. The molecule has 2 aromatic carbocycles. The zero-order chi connectivity index (χ0) is 14.0. The molecule has 0 aliphatic rings. The molecule has 0 spiro atoms. The molecule has 19 heavy (non-hydrogen) atoms. The zero-order valence-corrected chi connectivity index (χ0v) is 11.8. The average Bonchev–Trinajstić information content (AvgIpc) is 2.36. The van der Waals surface area contributed by atoms with Crippen LogP contribution in [0, 0.1) is 13.8 Å². The van der Waals surface area contributed by atoms with Gasteiger partial charge in [-0.3, -0.25) is 4.79 Å². The molecule has 0 fully saturated rings. The van der Waals surface area contributed by atoms with E-state index in [1.165, 1.54) is 11.1 Å². The summed E-state index contributed by atoms with van der Waals surface area (Å²) in [7, 11) is 0. The lowest BCUT2D eigenvalue weighted by Gasteiger charge is -2.07. The molecule has 2 aromatic rings. The molecule has 0 saturated carbocycles. The Morgan fingerprint density at radius 2 is 1.63 bits per heavy atom. The molecule has 3 nitrogen and oxygen atoms in total. The third kappa shape index (κ3) is 3.09. The van der Waals surface area contributed by atoms with Crippen LogP contribution in [0.5, 0.6) is 0 Å². The Morgan fingerprint density at radius 3 is 2.26 bits per heavy atom. The highest BCUT2D eigenvalue weighted by Gasteiger charge is 2.08. The van der Waals surface area contributed by atoms with Gasteiger partial charge in [0.15, 0.2) is 0 Å². The summed E-state index contributed by atoms with van der Waals surface area (Å²) in [5.74, 6) is -0.500. The monoisotopic (exact) mass is 272 g/mol. The molecular weight excluding hydrogens is 256 g/mol. The van der Waals surface area contributed by atoms with Crippen molar-refractivity contribution in [3.8, 4) is 0 Å². The lowest BCUT2D eigenvalue weighted by Crippen LogP contribution is -2.13. The minimum atomic E-state index is -0.500. The van der Waals surface area contributed by atoms with Gasteiger partial charge in [-0.1, -0.05) is 17.8 Å². The second-order valence-electron chi connectivity index (χ2n) is 4.46. The topological polar surface area (TPSA) is 69.1 Å². The van der Waals surface area contributed by atoms with Crippen molar-refractivity contribution in [1.29, 1.82) is 0 Å². The van der Waals surface area contributed by atoms with E-state index in [1.807, 2.05) is 6.07 Å². The van der Waals surface area contributed by atoms with Gasteiger partial charge in [0.25, 0.3) is 5.91 Å². The molecular formula is C15H16N2OS. The minimum absolute atomic E-state index is 0.369. The fourth-order valence-electron chi connectivity index (χ4n) is 1.73. The Kier molecular flexibility index (Phi) is 3.81. The molecule has 2 rings (SSSR count). The van der Waals surface area contributed by atoms with Gasteiger partial charge in [0.05, 0.1) is 5.56 Å². The van der Waals surface area contributed by atoms with Crippen LogP contribution in [0.3, 0.4) is 0 Å². The number of carbonyl (C=O) groups is 1. The van der Waals surface area contributed by atoms with Crippen LogP contribution in [-0.2, 0) is 0 Å². The molecule has 0 bridgehead atoms. The summed E-state index contributed by atoms with van der Waals surface area (Å²) >= 11 is 1.59. The van der Waals surface area contributed by atoms with Crippen LogP contribution in [0.1, 0.15) is 21.5 Å². The van der Waals surface area contributed by atoms with E-state index in [-0.39, 0.29) is 0 Å². The van der Waals surface area contributed by atoms with E-state index in [0.29, 0.717) is 11.3 Å². The largest absolute Gasteiger partial charge is 0.398 e. The van der Waals surface area contributed by atoms with Crippen molar-refractivity contribution in [2.75, 3.05) is 5.73 Å². The zero-order valence-electron chi connectivity index (χ0n) is 10.9. The van der Waals surface area contributed by atoms with Crippen LogP contribution < -0.4 is 11.5 Å². The number of primary amides is 1. The highest BCUT2D eigenvalue weighted by Crippen LogP contribution is 2.30. The number of rotatable bonds is 3. The number of carbonyl (C=O) groups excluding carboxylic acids is 1. The second-order valence-corrected chi connectivity index (χ2v) is 5.61. The number of hydrogen-bond donors (Lipinski definition) is 2. The fraction of sp³-hybridized carbons (Fsp3) is 0.133. The highest BCUT2D eigenvalue weighted by molar-refractivity contribution is 7.99. The second kappa shape index (κ2) is 5.36. The first-order valence-electron chi connectivity index (χ1n) is 5.92. The van der Waals surface area contributed by atoms with Gasteiger partial charge >= 0.3 is 0 Å². The molecule has 0 aliphatic heterocycles. The number of amides is 1. The SMILES string of the molecule is Cc1ccc(Sc2ccc(N)c(C(N)=O)c2)cc1C. The van der Waals surface area contributed by atoms with Crippen molar-refractivity contribution < 1.29 is 4.79 Å². The quantitative estimate of drug-likeness (QED) is 0.843. The number of nitrogens with two attached hydrogens (primary N) is 2. The first-order chi connectivity index (χ1) is 8.97. The maximum Gasteiger partial charge on any atom is 0.250 e. The van der Waals surface area contributed by atoms with E-state index in [0.717, 1.165) is 9.79 Å². The Bertz CT molecular complexity index is 638. The van der Waals surface area contributed by atoms with Crippen LogP contribution in [0.2, 0.25) is 0 Å². The Morgan fingerprint density at radius 1 is 1.00 bits per heavy atom. The normalized spacial score (nSPS) is 10.4. The fourth-order valence-corrected chi connectivity index (χ4v) is 2.68. The predicted octanol–water partition coefficient (Wildman–Crippen LogP) is 3.14. The van der Waals surface area contributed by atoms with Gasteiger partial charge < -0.3 is 11.5 Å². The number of nitrogen functional groups attached to an aromatic ring is 1. The van der Waals surface area contributed by atoms with Crippen LogP contribution in [0.15, 0.2) is 46.2 Å². The molecule has 0 heterocycles. The van der Waals surface area contributed by atoms with E-state index in [1.54, 1.807) is 23.9 Å². The number of hydrogen-bond acceptors (Lipinski definition) is 3. The number of anilines is 1. The van der Waals surface area contributed by atoms with Crippen LogP contribution in [0.4, 0.5) is 5.69 Å². The molecule has 0 aliphatic carbocycles. The summed E-state index contributed by atoms with van der Waals surface area (Å²) in [5.41, 5.74) is 14.3. The molecule has 0 atom stereocenters. The maximum atomic E-state index is 11.3. The summed E-state index contributed by atoms with van der Waals surface area (Å²) < 4.78 is 0. The van der Waals surface area contributed by atoms with E-state index in [9.17, 15) is 4.79 Å². The Labute approximate surface area is 117 Å². The summed E-state index contributed by atoms with van der Waals surface area (Å²) in [6, 6.07) is 11.6. The van der Waals surface area contributed by atoms with Gasteiger partial charge in [-0.2, -0.15) is 0 Å². The number of aryl methyl sites for hydroxylation is 2. The van der Waals surface area contributed by atoms with Crippen LogP contribution in [-0.4, -0.2) is 5.91 Å². The van der Waals surface area contributed by atoms with Gasteiger partial charge in [-0.15, -0.1) is 0 Å². The Hall–Kier alpha value is -1.94. The first-order valence-corrected chi connectivity index (χ1v) is 6.73. The molecule has 0 unspecified atom stereocenters. The third-order valence-corrected chi connectivity index (χ3v) is 3.98. The third-order valence-electron chi connectivity index (χ3n) is 3.00. The lowest BCUT2D eigenvalue weighted by molar-refractivity contribution is 0.100. The summed E-state index contributed by atoms with van der Waals surface area (Å²) in [6.45, 7) is 4.16. The number of benzene rings is 2. The molecule has 4 heteroatoms. The van der Waals surface area contributed by atoms with E-state index < -0.39 is 5.91 Å². The average molecular weight is 272 g/mol. The summed E-state index contributed by atoms with van der Waals surface area (Å²) in [6.07, 6.45) is 0. The Balaban J connectivity index is 2.30. The van der Waals surface area contributed by atoms with Crippen molar-refractivity contribution in [1.82, 2.24) is 0 Å². The van der Waals surface area contributed by atoms with Gasteiger partial charge in [-0.25, -0.2) is 0 Å². The highest BCUT2D eigenvalue weighted by atomic mass is 32.2. The molecule has 0 aromatic heterocycles. The van der Waals surface area contributed by atoms with E-state index in [2.05, 4.69) is 32.0 Å². The smallest absolute Gasteiger partial charge is 0.250 e. The first kappa shape index (κ1) is 13.5. The minimum Gasteiger partial charge on any atom is -0.398 e. The van der Waals surface area contributed by atoms with Crippen molar-refractivity contribution >= 4 is 23.4 Å². The van der Waals surface area contributed by atoms with Gasteiger partial charge in [-0.05, 0) is 55.3 Å². The molecule has 0 radical (unpaired) electrons. The van der Waals surface area contributed by atoms with Crippen molar-refractivity contribution in [2.45, 2.75) is 23.6 Å². The van der Waals surface area contributed by atoms with Crippen molar-refractivity contribution in [3.63, 3.8) is 0 Å². The van der Waals surface area contributed by atoms with Gasteiger partial charge in [0.1, 0.15) is 0 Å². The van der Waals surface area contributed by atoms with Crippen molar-refractivity contribution in [3.05, 3.63) is 53.1 Å². The van der Waals surface area contributed by atoms with E-state index in [4.69, 9.17) is 11.5 Å². The van der Waals surface area contributed by atoms with E-state index >= 15 is 0 Å². The standard InChI is InChI=1S/C15H16N2OS/c1-9-3-4-11(7-10(9)2)19-12-5-6-14(16)13(8-12)15(17)18/h3-8H,16H2,1-2H3,(H2,17,18). The molecule has 4 N–H and O–H groups in total. The summed E-state index contributed by atoms with van der Waals surface area (Å²) in [5, 5.41) is 0. The van der Waals surface area contributed by atoms with Gasteiger partial charge in [0, 0.05) is 15.5 Å². The van der Waals surface area contributed by atoms with Crippen LogP contribution >= 0.6 is 11.8 Å². The summed E-state index contributed by atoms with van der Waals surface area (Å²) in [4.78, 5) is 13.3. The maximum absolute atomic E-state index is 11.3. The molecule has 98 valence electrons. The molecule has 0 saturated heterocycles. The van der Waals surface area contributed by atoms with Crippen LogP contribution in [0.25, 0.3) is 0 Å². The predicted molar refractivity (Wildman–Crippen MR) is 79.4 cm³/mol. The van der Waals surface area contributed by atoms with Gasteiger partial charge in [0.2, 0.25) is 0 Å². The molecule has 1 amide bonds.